The van der Waals surface area contributed by atoms with E-state index >= 15 is 0 Å². The first kappa shape index (κ1) is 23.3. The third-order valence-electron chi connectivity index (χ3n) is 4.64. The lowest BCUT2D eigenvalue weighted by Crippen LogP contribution is -2.15. The summed E-state index contributed by atoms with van der Waals surface area (Å²) in [6.07, 6.45) is 2.17. The SMILES string of the molecule is COc1cc(C(=O)Nc2ncc(Cc3cccc(C)c3Cl)s2)c([N+](=O)[O-])c(OC)c1OC. The van der Waals surface area contributed by atoms with E-state index in [9.17, 15) is 14.9 Å². The number of aryl methyl sites for hydroxylation is 1. The molecule has 2 aromatic carbocycles. The molecule has 0 radical (unpaired) electrons. The second-order valence-electron chi connectivity index (χ2n) is 6.61. The molecule has 0 atom stereocenters. The number of methoxy groups -OCH3 is 3. The smallest absolute Gasteiger partial charge is 0.327 e. The molecule has 1 N–H and O–H groups in total. The van der Waals surface area contributed by atoms with Crippen molar-refractivity contribution in [2.45, 2.75) is 13.3 Å². The van der Waals surface area contributed by atoms with Gasteiger partial charge in [-0.05, 0) is 18.1 Å². The maximum Gasteiger partial charge on any atom is 0.327 e. The van der Waals surface area contributed by atoms with E-state index in [-0.39, 0.29) is 27.9 Å². The number of hydrogen-bond acceptors (Lipinski definition) is 8. The van der Waals surface area contributed by atoms with Crippen LogP contribution in [0, 0.1) is 17.0 Å². The van der Waals surface area contributed by atoms with Gasteiger partial charge in [0.1, 0.15) is 5.56 Å². The molecule has 168 valence electrons. The molecule has 11 heteroatoms. The molecule has 0 saturated carbocycles. The third-order valence-corrected chi connectivity index (χ3v) is 6.10. The number of ether oxygens (including phenoxy) is 3. The van der Waals surface area contributed by atoms with Crippen LogP contribution in [0.4, 0.5) is 10.8 Å². The van der Waals surface area contributed by atoms with Gasteiger partial charge < -0.3 is 14.2 Å². The topological polar surface area (TPSA) is 113 Å². The van der Waals surface area contributed by atoms with E-state index in [1.165, 1.54) is 38.7 Å². The average molecular weight is 478 g/mol. The van der Waals surface area contributed by atoms with E-state index in [1.807, 2.05) is 25.1 Å². The highest BCUT2D eigenvalue weighted by Crippen LogP contribution is 2.46. The first-order valence-corrected chi connectivity index (χ1v) is 10.5. The fraction of sp³-hybridized carbons (Fsp3) is 0.238. The molecule has 0 aliphatic heterocycles. The lowest BCUT2D eigenvalue weighted by atomic mass is 10.1. The predicted octanol–water partition coefficient (Wildman–Crippen LogP) is 4.88. The molecule has 1 aromatic heterocycles. The number of nitrogens with one attached hydrogen (secondary N) is 1. The van der Waals surface area contributed by atoms with Crippen molar-refractivity contribution in [3.63, 3.8) is 0 Å². The van der Waals surface area contributed by atoms with Gasteiger partial charge in [0.25, 0.3) is 5.91 Å². The summed E-state index contributed by atoms with van der Waals surface area (Å²) in [5.74, 6) is -0.805. The quantitative estimate of drug-likeness (QED) is 0.363. The summed E-state index contributed by atoms with van der Waals surface area (Å²) in [6.45, 7) is 1.93. The van der Waals surface area contributed by atoms with Gasteiger partial charge in [0, 0.05) is 28.6 Å². The molecule has 3 aromatic rings. The van der Waals surface area contributed by atoms with Crippen LogP contribution in [0.2, 0.25) is 5.02 Å². The first-order chi connectivity index (χ1) is 15.3. The number of anilines is 1. The number of nitro groups is 1. The summed E-state index contributed by atoms with van der Waals surface area (Å²) in [7, 11) is 3.92. The number of rotatable bonds is 8. The zero-order valence-electron chi connectivity index (χ0n) is 17.7. The summed E-state index contributed by atoms with van der Waals surface area (Å²) < 4.78 is 15.5. The Kier molecular flexibility index (Phi) is 7.16. The van der Waals surface area contributed by atoms with Crippen LogP contribution >= 0.6 is 22.9 Å². The van der Waals surface area contributed by atoms with Crippen LogP contribution in [-0.4, -0.2) is 37.1 Å². The molecule has 0 unspecified atom stereocenters. The van der Waals surface area contributed by atoms with Crippen LogP contribution in [0.25, 0.3) is 0 Å². The Morgan fingerprint density at radius 3 is 2.56 bits per heavy atom. The zero-order valence-corrected chi connectivity index (χ0v) is 19.3. The average Bonchev–Trinajstić information content (AvgIpc) is 3.21. The summed E-state index contributed by atoms with van der Waals surface area (Å²) in [4.78, 5) is 29.0. The molecular weight excluding hydrogens is 458 g/mol. The third kappa shape index (κ3) is 4.61. The Labute approximate surface area is 193 Å². The number of thiazole rings is 1. The largest absolute Gasteiger partial charge is 0.493 e. The molecule has 9 nitrogen and oxygen atoms in total. The van der Waals surface area contributed by atoms with Gasteiger partial charge in [-0.3, -0.25) is 20.2 Å². The van der Waals surface area contributed by atoms with Gasteiger partial charge in [-0.25, -0.2) is 4.98 Å². The second-order valence-corrected chi connectivity index (χ2v) is 8.10. The monoisotopic (exact) mass is 477 g/mol. The Bertz CT molecular complexity index is 1180. The Morgan fingerprint density at radius 2 is 1.94 bits per heavy atom. The van der Waals surface area contributed by atoms with Crippen LogP contribution < -0.4 is 19.5 Å². The number of aromatic nitrogens is 1. The van der Waals surface area contributed by atoms with Crippen LogP contribution in [-0.2, 0) is 6.42 Å². The standard InChI is InChI=1S/C21H20ClN3O6S/c1-11-6-5-7-12(16(11)22)8-13-10-23-21(32-13)24-20(26)14-9-15(29-2)18(30-3)19(31-4)17(14)25(27)28/h5-7,9-10H,8H2,1-4H3,(H,23,24,26). The number of amides is 1. The number of carbonyl (C=O) groups is 1. The van der Waals surface area contributed by atoms with Crippen LogP contribution in [0.3, 0.4) is 0 Å². The lowest BCUT2D eigenvalue weighted by molar-refractivity contribution is -0.386. The van der Waals surface area contributed by atoms with Gasteiger partial charge in [-0.2, -0.15) is 0 Å². The van der Waals surface area contributed by atoms with Gasteiger partial charge in [0.2, 0.25) is 11.5 Å². The molecule has 1 amide bonds. The summed E-state index contributed by atoms with van der Waals surface area (Å²) in [5.41, 5.74) is 1.12. The van der Waals surface area contributed by atoms with Crippen molar-refractivity contribution < 1.29 is 23.9 Å². The summed E-state index contributed by atoms with van der Waals surface area (Å²) in [5, 5.41) is 15.3. The normalized spacial score (nSPS) is 10.5. The molecule has 32 heavy (non-hydrogen) atoms. The first-order valence-electron chi connectivity index (χ1n) is 9.28. The number of carbonyl (C=O) groups excluding carboxylic acids is 1. The van der Waals surface area contributed by atoms with Crippen LogP contribution in [0.15, 0.2) is 30.5 Å². The van der Waals surface area contributed by atoms with Crippen molar-refractivity contribution in [3.8, 4) is 17.2 Å². The minimum Gasteiger partial charge on any atom is -0.493 e. The van der Waals surface area contributed by atoms with Crippen LogP contribution in [0.1, 0.15) is 26.4 Å². The van der Waals surface area contributed by atoms with Gasteiger partial charge in [-0.15, -0.1) is 11.3 Å². The van der Waals surface area contributed by atoms with E-state index < -0.39 is 16.5 Å². The lowest BCUT2D eigenvalue weighted by Gasteiger charge is -2.14. The Morgan fingerprint density at radius 1 is 1.22 bits per heavy atom. The second kappa shape index (κ2) is 9.84. The highest BCUT2D eigenvalue weighted by molar-refractivity contribution is 7.15. The minimum absolute atomic E-state index is 0.0184. The van der Waals surface area contributed by atoms with E-state index in [0.717, 1.165) is 16.0 Å². The van der Waals surface area contributed by atoms with E-state index in [2.05, 4.69) is 10.3 Å². The van der Waals surface area contributed by atoms with E-state index in [4.69, 9.17) is 25.8 Å². The molecule has 3 rings (SSSR count). The zero-order chi connectivity index (χ0) is 23.4. The fourth-order valence-electron chi connectivity index (χ4n) is 3.14. The molecular formula is C21H20ClN3O6S. The summed E-state index contributed by atoms with van der Waals surface area (Å²) >= 11 is 7.61. The predicted molar refractivity (Wildman–Crippen MR) is 122 cm³/mol. The highest BCUT2D eigenvalue weighted by Gasteiger charge is 2.32. The van der Waals surface area contributed by atoms with Crippen molar-refractivity contribution in [2.75, 3.05) is 26.6 Å². The van der Waals surface area contributed by atoms with Gasteiger partial charge >= 0.3 is 5.69 Å². The number of benzene rings is 2. The number of hydrogen-bond donors (Lipinski definition) is 1. The molecule has 0 saturated heterocycles. The highest BCUT2D eigenvalue weighted by atomic mass is 35.5. The van der Waals surface area contributed by atoms with Gasteiger partial charge in [0.15, 0.2) is 10.9 Å². The Hall–Kier alpha value is -3.37. The van der Waals surface area contributed by atoms with Crippen molar-refractivity contribution in [3.05, 3.63) is 67.2 Å². The van der Waals surface area contributed by atoms with Crippen molar-refractivity contribution in [1.82, 2.24) is 4.98 Å². The molecule has 0 fully saturated rings. The van der Waals surface area contributed by atoms with Crippen molar-refractivity contribution in [1.29, 1.82) is 0 Å². The molecule has 0 aliphatic rings. The molecule has 0 aliphatic carbocycles. The van der Waals surface area contributed by atoms with Crippen LogP contribution in [0.5, 0.6) is 17.2 Å². The van der Waals surface area contributed by atoms with Crippen molar-refractivity contribution >= 4 is 39.7 Å². The van der Waals surface area contributed by atoms with E-state index in [0.29, 0.717) is 11.4 Å². The maximum atomic E-state index is 12.9. The number of nitrogens with zero attached hydrogens (tertiary/aromatic N) is 2. The van der Waals surface area contributed by atoms with Gasteiger partial charge in [0.05, 0.1) is 26.3 Å². The minimum atomic E-state index is -0.731. The van der Waals surface area contributed by atoms with Crippen molar-refractivity contribution in [2.24, 2.45) is 0 Å². The summed E-state index contributed by atoms with van der Waals surface area (Å²) in [6, 6.07) is 7.00. The van der Waals surface area contributed by atoms with E-state index in [1.54, 1.807) is 6.20 Å². The molecule has 1 heterocycles. The number of halogens is 1. The van der Waals surface area contributed by atoms with Gasteiger partial charge in [-0.1, -0.05) is 29.8 Å². The Balaban J connectivity index is 1.91. The fourth-order valence-corrected chi connectivity index (χ4v) is 4.16. The maximum absolute atomic E-state index is 12.9. The number of nitro benzene ring substituents is 1. The molecule has 0 bridgehead atoms. The molecule has 0 spiro atoms.